The lowest BCUT2D eigenvalue weighted by Gasteiger charge is -2.25. The first-order valence-corrected chi connectivity index (χ1v) is 17.4. The lowest BCUT2D eigenvalue weighted by molar-refractivity contribution is 0.669. The molecule has 0 amide bonds. The molecule has 0 N–H and O–H groups in total. The van der Waals surface area contributed by atoms with Crippen LogP contribution in [0.25, 0.3) is 75.1 Å². The van der Waals surface area contributed by atoms with Crippen LogP contribution in [0.5, 0.6) is 0 Å². The zero-order chi connectivity index (χ0) is 32.3. The van der Waals surface area contributed by atoms with Crippen molar-refractivity contribution in [1.29, 1.82) is 0 Å². The summed E-state index contributed by atoms with van der Waals surface area (Å²) in [5, 5.41) is 7.36. The van der Waals surface area contributed by atoms with E-state index in [1.807, 2.05) is 17.4 Å². The molecule has 2 heterocycles. The van der Waals surface area contributed by atoms with E-state index in [1.54, 1.807) is 0 Å². The third kappa shape index (κ3) is 4.62. The Bertz CT molecular complexity index is 2810. The third-order valence-electron chi connectivity index (χ3n) is 9.66. The van der Waals surface area contributed by atoms with Crippen LogP contribution >= 0.6 is 11.3 Å². The number of benzene rings is 8. The first kappa shape index (κ1) is 27.9. The largest absolute Gasteiger partial charge is 0.456 e. The van der Waals surface area contributed by atoms with Crippen molar-refractivity contribution in [1.82, 2.24) is 0 Å². The predicted octanol–water partition coefficient (Wildman–Crippen LogP) is 13.9. The molecule has 2 nitrogen and oxygen atoms in total. The van der Waals surface area contributed by atoms with Gasteiger partial charge < -0.3 is 9.32 Å². The molecule has 0 fully saturated rings. The van der Waals surface area contributed by atoms with Crippen LogP contribution in [0.15, 0.2) is 180 Å². The number of hydrogen-bond acceptors (Lipinski definition) is 3. The predicted molar refractivity (Wildman–Crippen MR) is 210 cm³/mol. The normalized spacial score (nSPS) is 11.7. The fourth-order valence-corrected chi connectivity index (χ4v) is 8.49. The molecule has 0 aliphatic heterocycles. The fourth-order valence-electron chi connectivity index (χ4n) is 7.35. The Morgan fingerprint density at radius 3 is 1.84 bits per heavy atom. The van der Waals surface area contributed by atoms with Gasteiger partial charge >= 0.3 is 0 Å². The number of nitrogens with zero attached hydrogens (tertiary/aromatic N) is 1. The molecular weight excluding hydrogens is 615 g/mol. The molecule has 3 heteroatoms. The van der Waals surface area contributed by atoms with E-state index in [9.17, 15) is 0 Å². The molecule has 0 spiro atoms. The van der Waals surface area contributed by atoms with Crippen molar-refractivity contribution in [3.05, 3.63) is 176 Å². The van der Waals surface area contributed by atoms with Gasteiger partial charge in [-0.05, 0) is 93.7 Å². The molecule has 0 radical (unpaired) electrons. The molecule has 2 aromatic heterocycles. The summed E-state index contributed by atoms with van der Waals surface area (Å²) in [7, 11) is 0. The first-order valence-electron chi connectivity index (χ1n) is 16.6. The summed E-state index contributed by atoms with van der Waals surface area (Å²) in [5.74, 6) is 0. The minimum atomic E-state index is 0.915. The summed E-state index contributed by atoms with van der Waals surface area (Å²) >= 11 is 1.85. The van der Waals surface area contributed by atoms with E-state index in [0.717, 1.165) is 33.6 Å². The number of anilines is 3. The maximum absolute atomic E-state index is 6.38. The molecule has 0 aliphatic rings. The van der Waals surface area contributed by atoms with E-state index in [1.165, 1.54) is 58.6 Å². The van der Waals surface area contributed by atoms with Gasteiger partial charge in [0.2, 0.25) is 0 Å². The van der Waals surface area contributed by atoms with Crippen LogP contribution in [0.1, 0.15) is 0 Å². The Kier molecular flexibility index (Phi) is 6.39. The Morgan fingerprint density at radius 1 is 0.367 bits per heavy atom. The molecular formula is C46H29NOS. The second-order valence-electron chi connectivity index (χ2n) is 12.5. The van der Waals surface area contributed by atoms with Gasteiger partial charge in [-0.2, -0.15) is 0 Å². The number of fused-ring (bicyclic) bond motifs is 8. The maximum Gasteiger partial charge on any atom is 0.136 e. The van der Waals surface area contributed by atoms with Crippen molar-refractivity contribution in [2.75, 3.05) is 4.90 Å². The van der Waals surface area contributed by atoms with Crippen LogP contribution in [0.4, 0.5) is 17.1 Å². The summed E-state index contributed by atoms with van der Waals surface area (Å²) in [4.78, 5) is 2.35. The molecule has 10 aromatic rings. The van der Waals surface area contributed by atoms with Gasteiger partial charge in [-0.1, -0.05) is 115 Å². The molecule has 0 saturated heterocycles. The Hall–Kier alpha value is -6.16. The van der Waals surface area contributed by atoms with Crippen LogP contribution in [0.2, 0.25) is 0 Å². The van der Waals surface area contributed by atoms with Gasteiger partial charge in [-0.3, -0.25) is 0 Å². The van der Waals surface area contributed by atoms with Crippen LogP contribution in [0, 0.1) is 0 Å². The van der Waals surface area contributed by atoms with Crippen LogP contribution in [-0.4, -0.2) is 0 Å². The van der Waals surface area contributed by atoms with E-state index in [-0.39, 0.29) is 0 Å². The van der Waals surface area contributed by atoms with E-state index >= 15 is 0 Å². The van der Waals surface area contributed by atoms with Crippen LogP contribution in [0.3, 0.4) is 0 Å². The number of rotatable bonds is 5. The van der Waals surface area contributed by atoms with Crippen LogP contribution in [-0.2, 0) is 0 Å². The Balaban J connectivity index is 1.10. The highest BCUT2D eigenvalue weighted by atomic mass is 32.1. The zero-order valence-corrected chi connectivity index (χ0v) is 27.3. The van der Waals surface area contributed by atoms with E-state index < -0.39 is 0 Å². The lowest BCUT2D eigenvalue weighted by Crippen LogP contribution is -2.09. The van der Waals surface area contributed by atoms with Gasteiger partial charge in [0.1, 0.15) is 11.2 Å². The van der Waals surface area contributed by atoms with Gasteiger partial charge in [0.05, 0.1) is 0 Å². The highest BCUT2D eigenvalue weighted by molar-refractivity contribution is 7.25. The van der Waals surface area contributed by atoms with Gasteiger partial charge in [0.15, 0.2) is 0 Å². The standard InChI is InChI=1S/C46H29NOS/c1-3-11-31(12-4-1)40-29-43-46(39-16-7-9-17-42(39)48-43)38-25-21-32(27-41(38)40)30-19-22-34(23-20-30)47(33-13-5-2-6-14-33)35-24-26-37-36-15-8-10-18-44(36)49-45(37)28-35/h1-29H. The molecule has 0 unspecified atom stereocenters. The van der Waals surface area contributed by atoms with Gasteiger partial charge in [0, 0.05) is 48.0 Å². The zero-order valence-electron chi connectivity index (χ0n) is 26.5. The Morgan fingerprint density at radius 2 is 1.00 bits per heavy atom. The van der Waals surface area contributed by atoms with E-state index in [4.69, 9.17) is 4.42 Å². The third-order valence-corrected chi connectivity index (χ3v) is 10.8. The molecule has 0 saturated carbocycles. The topological polar surface area (TPSA) is 16.4 Å². The number of furan rings is 1. The fraction of sp³-hybridized carbons (Fsp3) is 0. The summed E-state index contributed by atoms with van der Waals surface area (Å²) in [5.41, 5.74) is 9.93. The SMILES string of the molecule is c1ccc(-c2cc3oc4ccccc4c3c3ccc(-c4ccc(N(c5ccccc5)c5ccc6c(c5)sc5ccccc56)cc4)cc23)cc1. The van der Waals surface area contributed by atoms with Crippen molar-refractivity contribution in [2.45, 2.75) is 0 Å². The minimum Gasteiger partial charge on any atom is -0.456 e. The molecule has 49 heavy (non-hydrogen) atoms. The van der Waals surface area contributed by atoms with Crippen molar-refractivity contribution in [3.8, 4) is 22.3 Å². The Labute approximate surface area is 287 Å². The van der Waals surface area contributed by atoms with E-state index in [2.05, 4.69) is 175 Å². The van der Waals surface area contributed by atoms with Gasteiger partial charge in [-0.25, -0.2) is 0 Å². The number of para-hydroxylation sites is 2. The molecule has 8 aromatic carbocycles. The summed E-state index contributed by atoms with van der Waals surface area (Å²) in [6.45, 7) is 0. The highest BCUT2D eigenvalue weighted by Gasteiger charge is 2.17. The lowest BCUT2D eigenvalue weighted by atomic mass is 9.92. The van der Waals surface area contributed by atoms with Crippen LogP contribution < -0.4 is 4.90 Å². The average Bonchev–Trinajstić information content (AvgIpc) is 3.73. The smallest absolute Gasteiger partial charge is 0.136 e. The molecule has 0 aliphatic carbocycles. The van der Waals surface area contributed by atoms with Crippen molar-refractivity contribution < 1.29 is 4.42 Å². The first-order chi connectivity index (χ1) is 24.3. The molecule has 10 rings (SSSR count). The summed E-state index contributed by atoms with van der Waals surface area (Å²) in [6, 6.07) is 63.2. The van der Waals surface area contributed by atoms with E-state index in [0.29, 0.717) is 0 Å². The maximum atomic E-state index is 6.38. The van der Waals surface area contributed by atoms with Crippen molar-refractivity contribution in [3.63, 3.8) is 0 Å². The quantitative estimate of drug-likeness (QED) is 0.186. The molecule has 230 valence electrons. The second kappa shape index (κ2) is 11.2. The average molecular weight is 644 g/mol. The molecule has 0 atom stereocenters. The van der Waals surface area contributed by atoms with Crippen molar-refractivity contribution >= 4 is 81.3 Å². The summed E-state index contributed by atoms with van der Waals surface area (Å²) in [6.07, 6.45) is 0. The summed E-state index contributed by atoms with van der Waals surface area (Å²) < 4.78 is 8.99. The van der Waals surface area contributed by atoms with Gasteiger partial charge in [-0.15, -0.1) is 11.3 Å². The second-order valence-corrected chi connectivity index (χ2v) is 13.6. The monoisotopic (exact) mass is 643 g/mol. The minimum absolute atomic E-state index is 0.915. The number of hydrogen-bond donors (Lipinski definition) is 0. The van der Waals surface area contributed by atoms with Gasteiger partial charge in [0.25, 0.3) is 0 Å². The highest BCUT2D eigenvalue weighted by Crippen LogP contribution is 2.43. The molecule has 0 bridgehead atoms. The number of thiophene rings is 1. The van der Waals surface area contributed by atoms with Crippen molar-refractivity contribution in [2.24, 2.45) is 0 Å².